The molecular formula is C9H7F3INO4. The fourth-order valence-corrected chi connectivity index (χ4v) is 1.79. The summed E-state index contributed by atoms with van der Waals surface area (Å²) < 4.78 is 49.5. The van der Waals surface area contributed by atoms with Gasteiger partial charge in [-0.15, -0.1) is 13.2 Å². The summed E-state index contributed by atoms with van der Waals surface area (Å²) in [5.74, 6) is -1.80. The zero-order valence-corrected chi connectivity index (χ0v) is 11.3. The molecule has 0 atom stereocenters. The van der Waals surface area contributed by atoms with E-state index in [1.165, 1.54) is 7.11 Å². The van der Waals surface area contributed by atoms with Crippen LogP contribution >= 0.6 is 22.6 Å². The zero-order valence-electron chi connectivity index (χ0n) is 9.17. The summed E-state index contributed by atoms with van der Waals surface area (Å²) in [5.41, 5.74) is -0.406. The minimum Gasteiger partial charge on any atom is -0.481 e. The third kappa shape index (κ3) is 3.62. The maximum atomic E-state index is 12.2. The Balaban J connectivity index is 3.34. The molecule has 18 heavy (non-hydrogen) atoms. The molecule has 9 heteroatoms. The number of esters is 1. The lowest BCUT2D eigenvalue weighted by molar-refractivity contribution is -0.274. The van der Waals surface area contributed by atoms with Crippen molar-refractivity contribution in [3.05, 3.63) is 15.3 Å². The maximum Gasteiger partial charge on any atom is 0.573 e. The molecule has 0 unspecified atom stereocenters. The number of rotatable bonds is 3. The molecule has 0 aromatic carbocycles. The van der Waals surface area contributed by atoms with E-state index in [9.17, 15) is 18.0 Å². The van der Waals surface area contributed by atoms with Gasteiger partial charge < -0.3 is 14.2 Å². The smallest absolute Gasteiger partial charge is 0.481 e. The van der Waals surface area contributed by atoms with Crippen molar-refractivity contribution in [3.63, 3.8) is 0 Å². The van der Waals surface area contributed by atoms with E-state index in [2.05, 4.69) is 14.5 Å². The SMILES string of the molecule is COC(=O)c1c(OC(F)(F)F)cc(OC)nc1I. The van der Waals surface area contributed by atoms with Crippen molar-refractivity contribution in [2.45, 2.75) is 6.36 Å². The fourth-order valence-electron chi connectivity index (χ4n) is 1.07. The average Bonchev–Trinajstić information content (AvgIpc) is 2.25. The number of aromatic nitrogens is 1. The van der Waals surface area contributed by atoms with Gasteiger partial charge in [0, 0.05) is 6.07 Å². The van der Waals surface area contributed by atoms with E-state index >= 15 is 0 Å². The second-order valence-corrected chi connectivity index (χ2v) is 3.89. The number of methoxy groups -OCH3 is 2. The molecule has 0 bridgehead atoms. The molecule has 0 aliphatic heterocycles. The Hall–Kier alpha value is -1.26. The molecule has 0 saturated carbocycles. The van der Waals surface area contributed by atoms with Gasteiger partial charge in [0.1, 0.15) is 9.26 Å². The van der Waals surface area contributed by atoms with Crippen molar-refractivity contribution < 1.29 is 32.2 Å². The van der Waals surface area contributed by atoms with Crippen LogP contribution in [0.3, 0.4) is 0 Å². The third-order valence-corrected chi connectivity index (χ3v) is 2.52. The maximum absolute atomic E-state index is 12.2. The van der Waals surface area contributed by atoms with E-state index in [0.29, 0.717) is 0 Å². The molecule has 1 heterocycles. The van der Waals surface area contributed by atoms with E-state index in [-0.39, 0.29) is 9.58 Å². The average molecular weight is 377 g/mol. The Morgan fingerprint density at radius 1 is 1.39 bits per heavy atom. The minimum atomic E-state index is -4.93. The second-order valence-electron chi connectivity index (χ2n) is 2.87. The van der Waals surface area contributed by atoms with Crippen molar-refractivity contribution in [1.82, 2.24) is 4.98 Å². The Labute approximate surface area is 113 Å². The van der Waals surface area contributed by atoms with Gasteiger partial charge in [0.25, 0.3) is 0 Å². The van der Waals surface area contributed by atoms with E-state index in [4.69, 9.17) is 4.74 Å². The second kappa shape index (κ2) is 5.59. The van der Waals surface area contributed by atoms with Gasteiger partial charge in [-0.3, -0.25) is 0 Å². The number of alkyl halides is 3. The summed E-state index contributed by atoms with van der Waals surface area (Å²) in [6, 6.07) is 0.863. The number of hydrogen-bond acceptors (Lipinski definition) is 5. The van der Waals surface area contributed by atoms with Crippen LogP contribution in [0.25, 0.3) is 0 Å². The van der Waals surface area contributed by atoms with Gasteiger partial charge in [0.2, 0.25) is 5.88 Å². The molecule has 1 aromatic heterocycles. The normalized spacial score (nSPS) is 11.0. The highest BCUT2D eigenvalue weighted by molar-refractivity contribution is 14.1. The standard InChI is InChI=1S/C9H7F3INO4/c1-16-5-3-4(18-9(10,11)12)6(7(13)14-5)8(15)17-2/h3H,1-2H3. The number of nitrogens with zero attached hydrogens (tertiary/aromatic N) is 1. The quantitative estimate of drug-likeness (QED) is 0.460. The van der Waals surface area contributed by atoms with E-state index in [1.807, 2.05) is 0 Å². The van der Waals surface area contributed by atoms with Crippen LogP contribution in [0.1, 0.15) is 10.4 Å². The first-order valence-electron chi connectivity index (χ1n) is 4.37. The van der Waals surface area contributed by atoms with Crippen LogP contribution < -0.4 is 9.47 Å². The Morgan fingerprint density at radius 2 is 2.00 bits per heavy atom. The van der Waals surface area contributed by atoms with Gasteiger partial charge in [0.05, 0.1) is 14.2 Å². The van der Waals surface area contributed by atoms with Crippen molar-refractivity contribution in [2.75, 3.05) is 14.2 Å². The molecule has 1 rings (SSSR count). The Kier molecular flexibility index (Phi) is 4.59. The highest BCUT2D eigenvalue weighted by atomic mass is 127. The molecule has 0 amide bonds. The first kappa shape index (κ1) is 14.8. The molecular weight excluding hydrogens is 370 g/mol. The van der Waals surface area contributed by atoms with Crippen molar-refractivity contribution in [3.8, 4) is 11.6 Å². The lowest BCUT2D eigenvalue weighted by Crippen LogP contribution is -2.20. The first-order chi connectivity index (χ1) is 8.28. The van der Waals surface area contributed by atoms with E-state index in [0.717, 1.165) is 13.2 Å². The number of ether oxygens (including phenoxy) is 3. The molecule has 0 aliphatic rings. The van der Waals surface area contributed by atoms with Crippen LogP contribution in [0.2, 0.25) is 0 Å². The molecule has 1 aromatic rings. The first-order valence-corrected chi connectivity index (χ1v) is 5.45. The summed E-state index contributed by atoms with van der Waals surface area (Å²) in [7, 11) is 2.27. The Morgan fingerprint density at radius 3 is 2.44 bits per heavy atom. The van der Waals surface area contributed by atoms with Crippen LogP contribution in [0.5, 0.6) is 11.6 Å². The minimum absolute atomic E-state index is 0.0157. The predicted molar refractivity (Wildman–Crippen MR) is 61.5 cm³/mol. The molecule has 0 aliphatic carbocycles. The van der Waals surface area contributed by atoms with Crippen LogP contribution in [0.15, 0.2) is 6.07 Å². The zero-order chi connectivity index (χ0) is 13.9. The fraction of sp³-hybridized carbons (Fsp3) is 0.333. The Bertz CT molecular complexity index is 464. The van der Waals surface area contributed by atoms with Gasteiger partial charge in [-0.1, -0.05) is 0 Å². The molecule has 0 radical (unpaired) electrons. The highest BCUT2D eigenvalue weighted by Crippen LogP contribution is 2.32. The largest absolute Gasteiger partial charge is 0.573 e. The summed E-state index contributed by atoms with van der Waals surface area (Å²) in [6.07, 6.45) is -4.93. The molecule has 100 valence electrons. The van der Waals surface area contributed by atoms with E-state index < -0.39 is 23.6 Å². The van der Waals surface area contributed by atoms with Crippen molar-refractivity contribution in [2.24, 2.45) is 0 Å². The number of carbonyl (C=O) groups excluding carboxylic acids is 1. The highest BCUT2D eigenvalue weighted by Gasteiger charge is 2.34. The molecule has 0 N–H and O–H groups in total. The van der Waals surface area contributed by atoms with Gasteiger partial charge >= 0.3 is 12.3 Å². The number of hydrogen-bond donors (Lipinski definition) is 0. The molecule has 0 spiro atoms. The van der Waals surface area contributed by atoms with Crippen molar-refractivity contribution in [1.29, 1.82) is 0 Å². The summed E-state index contributed by atoms with van der Waals surface area (Å²) in [5, 5.41) is 0. The van der Waals surface area contributed by atoms with Crippen LogP contribution in [-0.4, -0.2) is 31.5 Å². The molecule has 0 saturated heterocycles. The van der Waals surface area contributed by atoms with Crippen LogP contribution in [0.4, 0.5) is 13.2 Å². The molecule has 0 fully saturated rings. The van der Waals surface area contributed by atoms with Crippen LogP contribution in [0, 0.1) is 3.70 Å². The topological polar surface area (TPSA) is 57.7 Å². The monoisotopic (exact) mass is 377 g/mol. The molecule has 5 nitrogen and oxygen atoms in total. The summed E-state index contributed by atoms with van der Waals surface area (Å²) in [4.78, 5) is 15.2. The summed E-state index contributed by atoms with van der Waals surface area (Å²) in [6.45, 7) is 0. The van der Waals surface area contributed by atoms with Crippen LogP contribution in [-0.2, 0) is 4.74 Å². The number of pyridine rings is 1. The van der Waals surface area contributed by atoms with Gasteiger partial charge in [-0.05, 0) is 22.6 Å². The van der Waals surface area contributed by atoms with Gasteiger partial charge in [-0.2, -0.15) is 0 Å². The third-order valence-electron chi connectivity index (χ3n) is 1.74. The lowest BCUT2D eigenvalue weighted by atomic mass is 10.2. The van der Waals surface area contributed by atoms with E-state index in [1.54, 1.807) is 22.6 Å². The van der Waals surface area contributed by atoms with Gasteiger partial charge in [0.15, 0.2) is 5.75 Å². The number of halogens is 4. The lowest BCUT2D eigenvalue weighted by Gasteiger charge is -2.13. The number of carbonyl (C=O) groups is 1. The summed E-state index contributed by atoms with van der Waals surface area (Å²) >= 11 is 1.59. The van der Waals surface area contributed by atoms with Crippen molar-refractivity contribution >= 4 is 28.6 Å². The predicted octanol–water partition coefficient (Wildman–Crippen LogP) is 2.38. The van der Waals surface area contributed by atoms with Gasteiger partial charge in [-0.25, -0.2) is 9.78 Å².